The minimum atomic E-state index is -0.915. The van der Waals surface area contributed by atoms with Crippen LogP contribution in [0, 0.1) is 0 Å². The molecule has 3 rings (SSSR count). The number of alkyl halides is 1. The molecule has 4 nitrogen and oxygen atoms in total. The van der Waals surface area contributed by atoms with Crippen LogP contribution in [0.15, 0.2) is 59.1 Å². The monoisotopic (exact) mass is 328 g/mol. The lowest BCUT2D eigenvalue weighted by atomic mass is 9.94. The van der Waals surface area contributed by atoms with E-state index in [1.54, 1.807) is 6.07 Å². The van der Waals surface area contributed by atoms with Gasteiger partial charge in [-0.1, -0.05) is 47.6 Å². The van der Waals surface area contributed by atoms with E-state index >= 15 is 0 Å². The highest BCUT2D eigenvalue weighted by molar-refractivity contribution is 6.31. The van der Waals surface area contributed by atoms with Gasteiger partial charge in [0.25, 0.3) is 0 Å². The number of aromatic nitrogens is 1. The fourth-order valence-electron chi connectivity index (χ4n) is 2.51. The fourth-order valence-corrected chi connectivity index (χ4v) is 2.72. The molecule has 0 fully saturated rings. The van der Waals surface area contributed by atoms with E-state index in [1.807, 2.05) is 62.4 Å². The van der Waals surface area contributed by atoms with Gasteiger partial charge in [0, 0.05) is 5.39 Å². The lowest BCUT2D eigenvalue weighted by molar-refractivity contribution is -0.122. The molecule has 3 aromatic rings. The van der Waals surface area contributed by atoms with E-state index < -0.39 is 10.9 Å². The van der Waals surface area contributed by atoms with E-state index in [1.165, 1.54) is 0 Å². The summed E-state index contributed by atoms with van der Waals surface area (Å²) in [4.78, 5) is 12.5. The lowest BCUT2D eigenvalue weighted by Crippen LogP contribution is -2.42. The molecule has 0 saturated carbocycles. The molecule has 1 amide bonds. The van der Waals surface area contributed by atoms with E-state index in [4.69, 9.17) is 16.1 Å². The maximum absolute atomic E-state index is 12.5. The van der Waals surface area contributed by atoms with Crippen molar-refractivity contribution in [2.24, 2.45) is 0 Å². The van der Waals surface area contributed by atoms with Gasteiger partial charge in [-0.25, -0.2) is 0 Å². The van der Waals surface area contributed by atoms with Crippen LogP contribution in [0.2, 0.25) is 0 Å². The molecule has 1 heterocycles. The van der Waals surface area contributed by atoms with Crippen LogP contribution >= 0.6 is 11.6 Å². The second kappa shape index (κ2) is 6.05. The number of hydrogen-bond acceptors (Lipinski definition) is 3. The summed E-state index contributed by atoms with van der Waals surface area (Å²) in [6.45, 7) is 3.87. The Morgan fingerprint density at radius 2 is 1.78 bits per heavy atom. The summed E-state index contributed by atoms with van der Waals surface area (Å²) >= 11 is 6.34. The lowest BCUT2D eigenvalue weighted by Gasteiger charge is -2.27. The quantitative estimate of drug-likeness (QED) is 0.732. The highest BCUT2D eigenvalue weighted by atomic mass is 35.5. The number of fused-ring (bicyclic) bond motifs is 1. The number of benzene rings is 2. The van der Waals surface area contributed by atoms with Crippen LogP contribution in [0.3, 0.4) is 0 Å². The van der Waals surface area contributed by atoms with E-state index in [2.05, 4.69) is 10.5 Å². The number of carbonyl (C=O) groups excluding carboxylic acids is 1. The zero-order valence-electron chi connectivity index (χ0n) is 12.9. The van der Waals surface area contributed by atoms with Crippen molar-refractivity contribution in [1.29, 1.82) is 0 Å². The molecule has 1 atom stereocenters. The third-order valence-electron chi connectivity index (χ3n) is 3.81. The summed E-state index contributed by atoms with van der Waals surface area (Å²) in [5, 5.41) is 6.76. The molecule has 5 heteroatoms. The third kappa shape index (κ3) is 3.08. The van der Waals surface area contributed by atoms with Crippen molar-refractivity contribution in [3.8, 4) is 0 Å². The predicted molar refractivity (Wildman–Crippen MR) is 90.2 cm³/mol. The molecule has 0 bridgehead atoms. The van der Waals surface area contributed by atoms with Crippen molar-refractivity contribution in [3.05, 3.63) is 65.9 Å². The first kappa shape index (κ1) is 15.6. The molecule has 0 spiro atoms. The van der Waals surface area contributed by atoms with Crippen LogP contribution in [0.5, 0.6) is 0 Å². The highest BCUT2D eigenvalue weighted by Gasteiger charge is 2.29. The topological polar surface area (TPSA) is 55.1 Å². The molecule has 2 aromatic carbocycles. The van der Waals surface area contributed by atoms with Gasteiger partial charge in [0.05, 0.1) is 5.54 Å². The van der Waals surface area contributed by atoms with Crippen LogP contribution < -0.4 is 5.32 Å². The van der Waals surface area contributed by atoms with Crippen LogP contribution in [0.1, 0.15) is 30.5 Å². The maximum Gasteiger partial charge on any atom is 0.245 e. The Bertz CT molecular complexity index is 827. The maximum atomic E-state index is 12.5. The minimum absolute atomic E-state index is 0.306. The summed E-state index contributed by atoms with van der Waals surface area (Å²) in [6.07, 6.45) is 0. The molecule has 0 aliphatic heterocycles. The Hall–Kier alpha value is -2.33. The van der Waals surface area contributed by atoms with E-state index in [0.717, 1.165) is 10.9 Å². The number of halogens is 1. The average Bonchev–Trinajstić information content (AvgIpc) is 2.98. The van der Waals surface area contributed by atoms with Crippen molar-refractivity contribution < 1.29 is 9.32 Å². The SMILES string of the molecule is CC(C)(NC(=O)C(Cl)c1noc2ccccc12)c1ccccc1. The summed E-state index contributed by atoms with van der Waals surface area (Å²) in [6, 6.07) is 17.1. The fraction of sp³-hybridized carbons (Fsp3) is 0.222. The molecule has 1 unspecified atom stereocenters. The molecule has 0 aliphatic carbocycles. The standard InChI is InChI=1S/C18H17ClN2O2/c1-18(2,12-8-4-3-5-9-12)20-17(22)15(19)16-13-10-6-7-11-14(13)23-21-16/h3-11,15H,1-2H3,(H,20,22). The first-order valence-corrected chi connectivity index (χ1v) is 7.78. The Labute approximate surface area is 139 Å². The number of nitrogens with one attached hydrogen (secondary N) is 1. The summed E-state index contributed by atoms with van der Waals surface area (Å²) in [5.41, 5.74) is 1.51. The minimum Gasteiger partial charge on any atom is -0.356 e. The molecular formula is C18H17ClN2O2. The molecule has 0 aliphatic rings. The summed E-state index contributed by atoms with van der Waals surface area (Å²) in [7, 11) is 0. The van der Waals surface area contributed by atoms with Crippen molar-refractivity contribution in [2.75, 3.05) is 0 Å². The van der Waals surface area contributed by atoms with Crippen LogP contribution in [-0.2, 0) is 10.3 Å². The zero-order chi connectivity index (χ0) is 16.4. The second-order valence-electron chi connectivity index (χ2n) is 5.91. The van der Waals surface area contributed by atoms with Gasteiger partial charge in [-0.15, -0.1) is 11.6 Å². The first-order chi connectivity index (χ1) is 11.0. The summed E-state index contributed by atoms with van der Waals surface area (Å²) in [5.74, 6) is -0.306. The van der Waals surface area contributed by atoms with Crippen molar-refractivity contribution in [3.63, 3.8) is 0 Å². The number of hydrogen-bond donors (Lipinski definition) is 1. The largest absolute Gasteiger partial charge is 0.356 e. The summed E-state index contributed by atoms with van der Waals surface area (Å²) < 4.78 is 5.22. The van der Waals surface area contributed by atoms with Crippen molar-refractivity contribution in [1.82, 2.24) is 10.5 Å². The number of amides is 1. The van der Waals surface area contributed by atoms with E-state index in [9.17, 15) is 4.79 Å². The molecule has 1 N–H and O–H groups in total. The van der Waals surface area contributed by atoms with Gasteiger partial charge in [-0.05, 0) is 31.5 Å². The van der Waals surface area contributed by atoms with Gasteiger partial charge in [0.15, 0.2) is 11.0 Å². The third-order valence-corrected chi connectivity index (χ3v) is 4.21. The number of rotatable bonds is 4. The van der Waals surface area contributed by atoms with Gasteiger partial charge in [-0.3, -0.25) is 4.79 Å². The molecular weight excluding hydrogens is 312 g/mol. The van der Waals surface area contributed by atoms with Crippen LogP contribution in [-0.4, -0.2) is 11.1 Å². The number of carbonyl (C=O) groups is 1. The zero-order valence-corrected chi connectivity index (χ0v) is 13.7. The van der Waals surface area contributed by atoms with Crippen LogP contribution in [0.4, 0.5) is 0 Å². The van der Waals surface area contributed by atoms with Gasteiger partial charge in [0.1, 0.15) is 5.69 Å². The molecule has 1 aromatic heterocycles. The average molecular weight is 329 g/mol. The molecule has 0 radical (unpaired) electrons. The van der Waals surface area contributed by atoms with Gasteiger partial charge >= 0.3 is 0 Å². The van der Waals surface area contributed by atoms with E-state index in [0.29, 0.717) is 11.3 Å². The highest BCUT2D eigenvalue weighted by Crippen LogP contribution is 2.29. The Morgan fingerprint density at radius 3 is 2.52 bits per heavy atom. The number of para-hydroxylation sites is 1. The first-order valence-electron chi connectivity index (χ1n) is 7.35. The number of nitrogens with zero attached hydrogens (tertiary/aromatic N) is 1. The van der Waals surface area contributed by atoms with Gasteiger partial charge in [0.2, 0.25) is 5.91 Å². The molecule has 23 heavy (non-hydrogen) atoms. The normalized spacial score (nSPS) is 13.0. The Kier molecular flexibility index (Phi) is 4.09. The predicted octanol–water partition coefficient (Wildman–Crippen LogP) is 4.16. The van der Waals surface area contributed by atoms with Gasteiger partial charge in [-0.2, -0.15) is 0 Å². The molecule has 0 saturated heterocycles. The van der Waals surface area contributed by atoms with E-state index in [-0.39, 0.29) is 5.91 Å². The van der Waals surface area contributed by atoms with Crippen LogP contribution in [0.25, 0.3) is 11.0 Å². The van der Waals surface area contributed by atoms with Crippen molar-refractivity contribution >= 4 is 28.5 Å². The van der Waals surface area contributed by atoms with Crippen molar-refractivity contribution in [2.45, 2.75) is 24.8 Å². The van der Waals surface area contributed by atoms with Gasteiger partial charge < -0.3 is 9.84 Å². The Morgan fingerprint density at radius 1 is 1.13 bits per heavy atom. The smallest absolute Gasteiger partial charge is 0.245 e. The molecule has 118 valence electrons. The Balaban J connectivity index is 1.83. The second-order valence-corrected chi connectivity index (χ2v) is 6.34.